The Morgan fingerprint density at radius 2 is 2.00 bits per heavy atom. The lowest BCUT2D eigenvalue weighted by molar-refractivity contribution is 0.555. The fourth-order valence-electron chi connectivity index (χ4n) is 3.82. The summed E-state index contributed by atoms with van der Waals surface area (Å²) >= 11 is 0. The number of allylic oxidation sites excluding steroid dienone is 3. The first kappa shape index (κ1) is 16.8. The van der Waals surface area contributed by atoms with Crippen LogP contribution in [-0.4, -0.2) is 27.3 Å². The minimum absolute atomic E-state index is 0.389. The molecule has 1 atom stereocenters. The van der Waals surface area contributed by atoms with Crippen LogP contribution in [-0.2, 0) is 10.0 Å². The van der Waals surface area contributed by atoms with Crippen molar-refractivity contribution in [3.63, 3.8) is 0 Å². The lowest BCUT2D eigenvalue weighted by Gasteiger charge is -2.31. The van der Waals surface area contributed by atoms with Gasteiger partial charge in [-0.25, -0.2) is 12.4 Å². The number of aryl methyl sites for hydroxylation is 1. The fraction of sp³-hybridized carbons (Fsp3) is 0.250. The van der Waals surface area contributed by atoms with Crippen molar-refractivity contribution in [1.82, 2.24) is 14.2 Å². The van der Waals surface area contributed by atoms with Gasteiger partial charge >= 0.3 is 0 Å². The average molecular weight is 367 g/mol. The minimum Gasteiger partial charge on any atom is -0.278 e. The molecule has 1 unspecified atom stereocenters. The molecular formula is C20H21N3O2S. The number of nitrogens with zero attached hydrogens (tertiary/aromatic N) is 2. The molecule has 0 spiro atoms. The van der Waals surface area contributed by atoms with E-state index in [2.05, 4.69) is 10.2 Å². The van der Waals surface area contributed by atoms with Gasteiger partial charge in [0, 0.05) is 17.8 Å². The molecule has 1 aromatic carbocycles. The number of aromatic amines is 1. The summed E-state index contributed by atoms with van der Waals surface area (Å²) in [6.45, 7) is 5.66. The van der Waals surface area contributed by atoms with Crippen LogP contribution in [0.25, 0.3) is 16.5 Å². The minimum atomic E-state index is -3.66. The van der Waals surface area contributed by atoms with Crippen LogP contribution in [0.15, 0.2) is 60.5 Å². The van der Waals surface area contributed by atoms with Crippen molar-refractivity contribution in [2.75, 3.05) is 0 Å². The molecule has 1 aliphatic carbocycles. The van der Waals surface area contributed by atoms with Crippen LogP contribution in [0.5, 0.6) is 0 Å². The molecule has 0 fully saturated rings. The van der Waals surface area contributed by atoms with Gasteiger partial charge in [-0.05, 0) is 50.5 Å². The van der Waals surface area contributed by atoms with Crippen LogP contribution < -0.4 is 0 Å². The Balaban J connectivity index is 1.86. The first-order valence-corrected chi connectivity index (χ1v) is 9.97. The van der Waals surface area contributed by atoms with Gasteiger partial charge in [0.05, 0.1) is 11.2 Å². The van der Waals surface area contributed by atoms with Gasteiger partial charge in [-0.15, -0.1) is 0 Å². The largest absolute Gasteiger partial charge is 0.278 e. The average Bonchev–Trinajstić information content (AvgIpc) is 3.24. The van der Waals surface area contributed by atoms with Crippen LogP contribution in [0.1, 0.15) is 31.5 Å². The van der Waals surface area contributed by atoms with Gasteiger partial charge in [0.2, 0.25) is 10.0 Å². The molecular weight excluding hydrogens is 346 g/mol. The van der Waals surface area contributed by atoms with E-state index in [1.807, 2.05) is 56.3 Å². The molecule has 0 radical (unpaired) electrons. The number of para-hydroxylation sites is 1. The summed E-state index contributed by atoms with van der Waals surface area (Å²) in [6, 6.07) is 9.55. The number of rotatable bonds is 3. The number of fused-ring (bicyclic) bond motifs is 1. The van der Waals surface area contributed by atoms with Crippen LogP contribution in [0.4, 0.5) is 0 Å². The molecule has 6 heteroatoms. The van der Waals surface area contributed by atoms with E-state index >= 15 is 0 Å². The summed E-state index contributed by atoms with van der Waals surface area (Å²) in [7, 11) is -3.66. The zero-order valence-corrected chi connectivity index (χ0v) is 15.8. The van der Waals surface area contributed by atoms with Gasteiger partial charge < -0.3 is 0 Å². The summed E-state index contributed by atoms with van der Waals surface area (Å²) in [5, 5.41) is 7.87. The highest BCUT2D eigenvalue weighted by Crippen LogP contribution is 2.39. The van der Waals surface area contributed by atoms with Gasteiger partial charge in [0.15, 0.2) is 0 Å². The van der Waals surface area contributed by atoms with Gasteiger partial charge in [-0.2, -0.15) is 5.10 Å². The molecule has 3 aromatic rings. The number of hydrogen-bond acceptors (Lipinski definition) is 3. The second kappa shape index (κ2) is 5.71. The number of aromatic nitrogens is 3. The summed E-state index contributed by atoms with van der Waals surface area (Å²) in [5.41, 5.74) is 4.42. The van der Waals surface area contributed by atoms with Crippen LogP contribution in [0.2, 0.25) is 0 Å². The molecule has 0 saturated carbocycles. The molecule has 0 amide bonds. The molecule has 1 aliphatic rings. The summed E-state index contributed by atoms with van der Waals surface area (Å²) < 4.78 is 27.7. The topological polar surface area (TPSA) is 67.8 Å². The zero-order chi connectivity index (χ0) is 18.5. The van der Waals surface area contributed by atoms with Crippen LogP contribution in [0, 0.1) is 6.92 Å². The smallest absolute Gasteiger partial charge is 0.248 e. The van der Waals surface area contributed by atoms with Crippen molar-refractivity contribution in [3.8, 4) is 0 Å². The van der Waals surface area contributed by atoms with E-state index in [1.54, 1.807) is 19.3 Å². The maximum atomic E-state index is 13.7. The lowest BCUT2D eigenvalue weighted by Crippen LogP contribution is -2.39. The van der Waals surface area contributed by atoms with Crippen LogP contribution in [0.3, 0.4) is 0 Å². The molecule has 1 N–H and O–H groups in total. The Morgan fingerprint density at radius 1 is 1.19 bits per heavy atom. The second-order valence-corrected chi connectivity index (χ2v) is 9.42. The molecule has 0 saturated heterocycles. The first-order chi connectivity index (χ1) is 12.3. The fourth-order valence-corrected chi connectivity index (χ4v) is 5.65. The quantitative estimate of drug-likeness (QED) is 0.759. The highest BCUT2D eigenvalue weighted by molar-refractivity contribution is 7.91. The highest BCUT2D eigenvalue weighted by atomic mass is 32.2. The maximum Gasteiger partial charge on any atom is 0.248 e. The summed E-state index contributed by atoms with van der Waals surface area (Å²) in [4.78, 5) is 0. The zero-order valence-electron chi connectivity index (χ0n) is 15.0. The van der Waals surface area contributed by atoms with E-state index in [9.17, 15) is 8.42 Å². The van der Waals surface area contributed by atoms with E-state index in [0.717, 1.165) is 33.3 Å². The van der Waals surface area contributed by atoms with Crippen molar-refractivity contribution >= 4 is 26.5 Å². The highest BCUT2D eigenvalue weighted by Gasteiger charge is 2.41. The second-order valence-electron chi connectivity index (χ2n) is 7.15. The van der Waals surface area contributed by atoms with Crippen molar-refractivity contribution in [2.24, 2.45) is 0 Å². The normalized spacial score (nSPS) is 20.9. The van der Waals surface area contributed by atoms with Crippen molar-refractivity contribution in [3.05, 3.63) is 71.7 Å². The van der Waals surface area contributed by atoms with E-state index < -0.39 is 14.8 Å². The Hall–Kier alpha value is -2.60. The standard InChI is InChI=1S/C20H21N3O2S/c1-14-11-17(18-7-9-21-22-18)13-20(3,12-14)26(24,25)23-10-8-16-6-4-5-15(2)19(16)23/h4-12H,13H2,1-3H3,(H,21,22). The molecule has 134 valence electrons. The predicted octanol–water partition coefficient (Wildman–Crippen LogP) is 4.04. The molecule has 2 aromatic heterocycles. The Labute approximate surface area is 153 Å². The summed E-state index contributed by atoms with van der Waals surface area (Å²) in [5.74, 6) is 0. The third-order valence-corrected chi connectivity index (χ3v) is 7.31. The SMILES string of the molecule is CC1=CC(C)(S(=O)(=O)n2ccc3cccc(C)c32)CC(c2ccn[nH]2)=C1. The van der Waals surface area contributed by atoms with Crippen molar-refractivity contribution < 1.29 is 8.42 Å². The maximum absolute atomic E-state index is 13.7. The Bertz CT molecular complexity index is 1150. The molecule has 26 heavy (non-hydrogen) atoms. The van der Waals surface area contributed by atoms with E-state index in [1.165, 1.54) is 3.97 Å². The molecule has 5 nitrogen and oxygen atoms in total. The lowest BCUT2D eigenvalue weighted by atomic mass is 9.90. The monoisotopic (exact) mass is 367 g/mol. The number of hydrogen-bond donors (Lipinski definition) is 1. The Morgan fingerprint density at radius 3 is 2.73 bits per heavy atom. The van der Waals surface area contributed by atoms with Gasteiger partial charge in [0.25, 0.3) is 0 Å². The number of H-pyrrole nitrogens is 1. The molecule has 2 heterocycles. The first-order valence-electron chi connectivity index (χ1n) is 8.53. The number of benzene rings is 1. The van der Waals surface area contributed by atoms with E-state index in [4.69, 9.17) is 0 Å². The van der Waals surface area contributed by atoms with Gasteiger partial charge in [-0.3, -0.25) is 5.10 Å². The third-order valence-electron chi connectivity index (χ3n) is 5.05. The van der Waals surface area contributed by atoms with Gasteiger partial charge in [-0.1, -0.05) is 35.9 Å². The van der Waals surface area contributed by atoms with E-state index in [0.29, 0.717) is 6.42 Å². The van der Waals surface area contributed by atoms with Gasteiger partial charge in [0.1, 0.15) is 4.75 Å². The predicted molar refractivity (Wildman–Crippen MR) is 104 cm³/mol. The molecule has 0 aliphatic heterocycles. The molecule has 0 bridgehead atoms. The van der Waals surface area contributed by atoms with Crippen LogP contribution >= 0.6 is 0 Å². The van der Waals surface area contributed by atoms with Crippen molar-refractivity contribution in [2.45, 2.75) is 31.9 Å². The number of nitrogens with one attached hydrogen (secondary N) is 1. The van der Waals surface area contributed by atoms with Crippen molar-refractivity contribution in [1.29, 1.82) is 0 Å². The third kappa shape index (κ3) is 2.44. The van der Waals surface area contributed by atoms with E-state index in [-0.39, 0.29) is 0 Å². The molecule has 4 rings (SSSR count). The summed E-state index contributed by atoms with van der Waals surface area (Å²) in [6.07, 6.45) is 7.60. The Kier molecular flexibility index (Phi) is 3.70.